The van der Waals surface area contributed by atoms with Gasteiger partial charge in [-0.25, -0.2) is 0 Å². The molecule has 0 aliphatic rings. The van der Waals surface area contributed by atoms with Gasteiger partial charge in [-0.2, -0.15) is 0 Å². The van der Waals surface area contributed by atoms with E-state index in [1.54, 1.807) is 0 Å². The standard InChI is InChI=1S/C32H28N2/c1-24-11-17-30(18-12-24)34(31-19-13-25(2)14-20-31)32-21-15-28(16-22-32)33-29-10-6-9-27(23-29)26-7-4-3-5-8-26/h3-23,33H,1-2H3. The largest absolute Gasteiger partial charge is 0.356 e. The molecule has 0 atom stereocenters. The third kappa shape index (κ3) is 4.87. The van der Waals surface area contributed by atoms with Crippen molar-refractivity contribution in [3.05, 3.63) is 139 Å². The smallest absolute Gasteiger partial charge is 0.0463 e. The lowest BCUT2D eigenvalue weighted by molar-refractivity contribution is 1.27. The summed E-state index contributed by atoms with van der Waals surface area (Å²) in [5, 5.41) is 3.56. The molecule has 0 aliphatic heterocycles. The van der Waals surface area contributed by atoms with E-state index >= 15 is 0 Å². The maximum absolute atomic E-state index is 3.56. The van der Waals surface area contributed by atoms with Crippen LogP contribution in [0.3, 0.4) is 0 Å². The van der Waals surface area contributed by atoms with Crippen LogP contribution in [-0.2, 0) is 0 Å². The molecule has 0 saturated carbocycles. The first-order chi connectivity index (χ1) is 16.7. The maximum Gasteiger partial charge on any atom is 0.0463 e. The number of nitrogens with one attached hydrogen (secondary N) is 1. The minimum absolute atomic E-state index is 1.06. The molecule has 0 unspecified atom stereocenters. The fourth-order valence-electron chi connectivity index (χ4n) is 4.10. The van der Waals surface area contributed by atoms with Gasteiger partial charge < -0.3 is 10.2 Å². The topological polar surface area (TPSA) is 15.3 Å². The van der Waals surface area contributed by atoms with Gasteiger partial charge in [0.2, 0.25) is 0 Å². The van der Waals surface area contributed by atoms with Crippen molar-refractivity contribution in [3.63, 3.8) is 0 Å². The van der Waals surface area contributed by atoms with Crippen LogP contribution in [-0.4, -0.2) is 0 Å². The van der Waals surface area contributed by atoms with Crippen molar-refractivity contribution in [2.45, 2.75) is 13.8 Å². The summed E-state index contributed by atoms with van der Waals surface area (Å²) in [4.78, 5) is 2.29. The normalized spacial score (nSPS) is 10.6. The van der Waals surface area contributed by atoms with Crippen molar-refractivity contribution in [3.8, 4) is 11.1 Å². The monoisotopic (exact) mass is 440 g/mol. The zero-order valence-corrected chi connectivity index (χ0v) is 19.6. The van der Waals surface area contributed by atoms with Gasteiger partial charge in [-0.15, -0.1) is 0 Å². The van der Waals surface area contributed by atoms with Crippen molar-refractivity contribution in [2.75, 3.05) is 10.2 Å². The lowest BCUT2D eigenvalue weighted by Gasteiger charge is -2.26. The Hall–Kier alpha value is -4.30. The molecule has 2 heteroatoms. The first-order valence-electron chi connectivity index (χ1n) is 11.6. The third-order valence-corrected chi connectivity index (χ3v) is 5.97. The summed E-state index contributed by atoms with van der Waals surface area (Å²) < 4.78 is 0. The summed E-state index contributed by atoms with van der Waals surface area (Å²) in [7, 11) is 0. The molecule has 1 N–H and O–H groups in total. The Morgan fingerprint density at radius 1 is 0.441 bits per heavy atom. The summed E-state index contributed by atoms with van der Waals surface area (Å²) in [6.45, 7) is 4.24. The summed E-state index contributed by atoms with van der Waals surface area (Å²) in [6.07, 6.45) is 0. The second-order valence-electron chi connectivity index (χ2n) is 8.63. The first-order valence-corrected chi connectivity index (χ1v) is 11.6. The predicted octanol–water partition coefficient (Wildman–Crippen LogP) is 9.18. The Bertz CT molecular complexity index is 1310. The Kier molecular flexibility index (Phi) is 6.13. The van der Waals surface area contributed by atoms with Crippen LogP contribution in [0.1, 0.15) is 11.1 Å². The van der Waals surface area contributed by atoms with E-state index in [1.165, 1.54) is 22.3 Å². The second-order valence-corrected chi connectivity index (χ2v) is 8.63. The highest BCUT2D eigenvalue weighted by atomic mass is 15.1. The zero-order valence-electron chi connectivity index (χ0n) is 19.6. The van der Waals surface area contributed by atoms with E-state index in [2.05, 4.69) is 145 Å². The molecule has 0 aromatic heterocycles. The summed E-state index contributed by atoms with van der Waals surface area (Å²) >= 11 is 0. The van der Waals surface area contributed by atoms with Crippen molar-refractivity contribution in [1.29, 1.82) is 0 Å². The van der Waals surface area contributed by atoms with Gasteiger partial charge in [0.15, 0.2) is 0 Å². The molecule has 0 spiro atoms. The number of hydrogen-bond donors (Lipinski definition) is 1. The van der Waals surface area contributed by atoms with Crippen LogP contribution in [0.15, 0.2) is 127 Å². The highest BCUT2D eigenvalue weighted by Gasteiger charge is 2.12. The molecule has 5 aromatic rings. The number of anilines is 5. The molecule has 0 heterocycles. The van der Waals surface area contributed by atoms with Crippen LogP contribution in [0.25, 0.3) is 11.1 Å². The summed E-state index contributed by atoms with van der Waals surface area (Å²) in [6, 6.07) is 45.0. The fraction of sp³-hybridized carbons (Fsp3) is 0.0625. The molecule has 34 heavy (non-hydrogen) atoms. The van der Waals surface area contributed by atoms with Crippen LogP contribution in [0.2, 0.25) is 0 Å². The highest BCUT2D eigenvalue weighted by molar-refractivity contribution is 5.78. The van der Waals surface area contributed by atoms with Crippen molar-refractivity contribution < 1.29 is 0 Å². The molecule has 0 amide bonds. The van der Waals surface area contributed by atoms with Crippen molar-refractivity contribution >= 4 is 28.4 Å². The van der Waals surface area contributed by atoms with Crippen LogP contribution in [0.4, 0.5) is 28.4 Å². The SMILES string of the molecule is Cc1ccc(N(c2ccc(C)cc2)c2ccc(Nc3cccc(-c4ccccc4)c3)cc2)cc1. The van der Waals surface area contributed by atoms with E-state index in [9.17, 15) is 0 Å². The van der Waals surface area contributed by atoms with Crippen LogP contribution >= 0.6 is 0 Å². The van der Waals surface area contributed by atoms with Gasteiger partial charge in [0, 0.05) is 28.4 Å². The Morgan fingerprint density at radius 3 is 1.50 bits per heavy atom. The molecule has 2 nitrogen and oxygen atoms in total. The molecule has 166 valence electrons. The van der Waals surface area contributed by atoms with E-state index in [4.69, 9.17) is 0 Å². The number of nitrogens with zero attached hydrogens (tertiary/aromatic N) is 1. The zero-order chi connectivity index (χ0) is 23.3. The number of hydrogen-bond acceptors (Lipinski definition) is 2. The summed E-state index contributed by atoms with van der Waals surface area (Å²) in [5.41, 5.74) is 10.5. The van der Waals surface area contributed by atoms with Crippen molar-refractivity contribution in [2.24, 2.45) is 0 Å². The number of rotatable bonds is 6. The van der Waals surface area contributed by atoms with Gasteiger partial charge in [-0.3, -0.25) is 0 Å². The average Bonchev–Trinajstić information content (AvgIpc) is 2.88. The molecule has 0 saturated heterocycles. The van der Waals surface area contributed by atoms with E-state index < -0.39 is 0 Å². The summed E-state index contributed by atoms with van der Waals surface area (Å²) in [5.74, 6) is 0. The molecule has 0 aliphatic carbocycles. The minimum atomic E-state index is 1.06. The van der Waals surface area contributed by atoms with Crippen LogP contribution < -0.4 is 10.2 Å². The average molecular weight is 441 g/mol. The van der Waals surface area contributed by atoms with Gasteiger partial charge in [-0.05, 0) is 85.6 Å². The molecule has 0 radical (unpaired) electrons. The lowest BCUT2D eigenvalue weighted by atomic mass is 10.1. The number of aryl methyl sites for hydroxylation is 2. The van der Waals surface area contributed by atoms with Gasteiger partial charge >= 0.3 is 0 Å². The van der Waals surface area contributed by atoms with Gasteiger partial charge in [0.25, 0.3) is 0 Å². The molecular formula is C32H28N2. The Morgan fingerprint density at radius 2 is 0.941 bits per heavy atom. The highest BCUT2D eigenvalue weighted by Crippen LogP contribution is 2.35. The Labute approximate surface area is 202 Å². The third-order valence-electron chi connectivity index (χ3n) is 5.97. The van der Waals surface area contributed by atoms with E-state index in [-0.39, 0.29) is 0 Å². The van der Waals surface area contributed by atoms with Gasteiger partial charge in [-0.1, -0.05) is 77.9 Å². The molecule has 0 fully saturated rings. The number of benzene rings is 5. The maximum atomic E-state index is 3.56. The van der Waals surface area contributed by atoms with E-state index in [0.717, 1.165) is 28.4 Å². The fourth-order valence-corrected chi connectivity index (χ4v) is 4.10. The van der Waals surface area contributed by atoms with Crippen molar-refractivity contribution in [1.82, 2.24) is 0 Å². The minimum Gasteiger partial charge on any atom is -0.356 e. The van der Waals surface area contributed by atoms with Gasteiger partial charge in [0.05, 0.1) is 0 Å². The first kappa shape index (κ1) is 21.5. The molecule has 0 bridgehead atoms. The molecule has 5 aromatic carbocycles. The van der Waals surface area contributed by atoms with E-state index in [1.807, 2.05) is 6.07 Å². The van der Waals surface area contributed by atoms with Crippen LogP contribution in [0, 0.1) is 13.8 Å². The quantitative estimate of drug-likeness (QED) is 0.283. The molecule has 5 rings (SSSR count). The van der Waals surface area contributed by atoms with Gasteiger partial charge in [0.1, 0.15) is 0 Å². The second kappa shape index (κ2) is 9.68. The van der Waals surface area contributed by atoms with Crippen LogP contribution in [0.5, 0.6) is 0 Å². The lowest BCUT2D eigenvalue weighted by Crippen LogP contribution is -2.09. The molecular weight excluding hydrogens is 412 g/mol. The Balaban J connectivity index is 1.42. The van der Waals surface area contributed by atoms with E-state index in [0.29, 0.717) is 0 Å². The predicted molar refractivity (Wildman–Crippen MR) is 146 cm³/mol.